The zero-order chi connectivity index (χ0) is 19.8. The number of benzene rings is 2. The molecule has 28 heavy (non-hydrogen) atoms. The zero-order valence-electron chi connectivity index (χ0n) is 15.2. The van der Waals surface area contributed by atoms with E-state index in [2.05, 4.69) is 4.98 Å². The lowest BCUT2D eigenvalue weighted by molar-refractivity contribution is 0.0983. The lowest BCUT2D eigenvalue weighted by atomic mass is 10.1. The molecular weight excluding hydrogens is 382 g/mol. The number of carbonyl (C=O) groups is 1. The van der Waals surface area contributed by atoms with Crippen LogP contribution in [-0.2, 0) is 6.54 Å². The van der Waals surface area contributed by atoms with Crippen LogP contribution in [0.5, 0.6) is 0 Å². The molecule has 0 saturated heterocycles. The Balaban J connectivity index is 1.80. The molecule has 0 aliphatic heterocycles. The third-order valence-corrected chi connectivity index (χ3v) is 5.55. The van der Waals surface area contributed by atoms with Crippen molar-refractivity contribution in [2.75, 3.05) is 4.90 Å². The van der Waals surface area contributed by atoms with Crippen molar-refractivity contribution in [2.45, 2.75) is 20.4 Å². The van der Waals surface area contributed by atoms with Crippen molar-refractivity contribution in [1.29, 1.82) is 0 Å². The molecule has 0 N–H and O–H groups in total. The van der Waals surface area contributed by atoms with Crippen molar-refractivity contribution in [3.8, 4) is 0 Å². The van der Waals surface area contributed by atoms with E-state index >= 15 is 0 Å². The number of nitrogens with zero attached hydrogens (tertiary/aromatic N) is 2. The maximum Gasteiger partial charge on any atom is 0.260 e. The van der Waals surface area contributed by atoms with Gasteiger partial charge in [-0.3, -0.25) is 9.69 Å². The number of furan rings is 1. The quantitative estimate of drug-likeness (QED) is 0.447. The summed E-state index contributed by atoms with van der Waals surface area (Å²) in [5, 5.41) is 0.277. The van der Waals surface area contributed by atoms with Gasteiger partial charge in [0, 0.05) is 11.6 Å². The van der Waals surface area contributed by atoms with Gasteiger partial charge in [-0.1, -0.05) is 17.4 Å². The largest absolute Gasteiger partial charge is 0.467 e. The van der Waals surface area contributed by atoms with Crippen LogP contribution < -0.4 is 4.90 Å². The number of hydrogen-bond acceptors (Lipinski definition) is 4. The van der Waals surface area contributed by atoms with Gasteiger partial charge in [-0.15, -0.1) is 0 Å². The Labute approximate surface area is 164 Å². The molecule has 0 radical (unpaired) electrons. The van der Waals surface area contributed by atoms with E-state index < -0.39 is 11.6 Å². The van der Waals surface area contributed by atoms with E-state index in [9.17, 15) is 13.6 Å². The average molecular weight is 398 g/mol. The molecule has 4 nitrogen and oxygen atoms in total. The first-order valence-corrected chi connectivity index (χ1v) is 9.41. The summed E-state index contributed by atoms with van der Waals surface area (Å²) in [5.74, 6) is -1.17. The molecule has 2 heterocycles. The molecule has 0 unspecified atom stereocenters. The number of thiazole rings is 1. The van der Waals surface area contributed by atoms with Gasteiger partial charge in [0.05, 0.1) is 17.5 Å². The number of amides is 1. The Morgan fingerprint density at radius 3 is 2.68 bits per heavy atom. The summed E-state index contributed by atoms with van der Waals surface area (Å²) < 4.78 is 33.4. The summed E-state index contributed by atoms with van der Waals surface area (Å²) in [4.78, 5) is 18.9. The van der Waals surface area contributed by atoms with Crippen molar-refractivity contribution in [3.63, 3.8) is 0 Å². The van der Waals surface area contributed by atoms with Crippen molar-refractivity contribution in [3.05, 3.63) is 82.8 Å². The predicted molar refractivity (Wildman–Crippen MR) is 105 cm³/mol. The monoisotopic (exact) mass is 398 g/mol. The number of aryl methyl sites for hydroxylation is 2. The van der Waals surface area contributed by atoms with Gasteiger partial charge in [-0.25, -0.2) is 13.8 Å². The van der Waals surface area contributed by atoms with Gasteiger partial charge in [0.2, 0.25) is 0 Å². The SMILES string of the molecule is Cc1ccc(C(=O)N(Cc2ccco2)c2nc3c(F)cc(F)cc3s2)cc1C. The van der Waals surface area contributed by atoms with Crippen LogP contribution in [0.2, 0.25) is 0 Å². The molecule has 0 fully saturated rings. The minimum Gasteiger partial charge on any atom is -0.467 e. The van der Waals surface area contributed by atoms with E-state index in [1.807, 2.05) is 19.9 Å². The lowest BCUT2D eigenvalue weighted by Gasteiger charge is -2.19. The highest BCUT2D eigenvalue weighted by atomic mass is 32.1. The minimum atomic E-state index is -0.755. The molecule has 0 bridgehead atoms. The molecule has 0 aliphatic rings. The number of fused-ring (bicyclic) bond motifs is 1. The number of anilines is 1. The summed E-state index contributed by atoms with van der Waals surface area (Å²) in [6, 6.07) is 10.9. The minimum absolute atomic E-state index is 0.0405. The van der Waals surface area contributed by atoms with Crippen LogP contribution in [0, 0.1) is 25.5 Å². The molecular formula is C21H16F2N2O2S. The first-order chi connectivity index (χ1) is 13.4. The van der Waals surface area contributed by atoms with Gasteiger partial charge in [0.1, 0.15) is 17.1 Å². The van der Waals surface area contributed by atoms with Crippen molar-refractivity contribution in [1.82, 2.24) is 4.98 Å². The van der Waals surface area contributed by atoms with Gasteiger partial charge >= 0.3 is 0 Å². The highest BCUT2D eigenvalue weighted by Crippen LogP contribution is 2.33. The smallest absolute Gasteiger partial charge is 0.260 e. The first-order valence-electron chi connectivity index (χ1n) is 8.59. The third kappa shape index (κ3) is 3.41. The molecule has 142 valence electrons. The Morgan fingerprint density at radius 1 is 1.14 bits per heavy atom. The van der Waals surface area contributed by atoms with Crippen LogP contribution in [0.1, 0.15) is 27.2 Å². The summed E-state index contributed by atoms with van der Waals surface area (Å²) >= 11 is 1.06. The van der Waals surface area contributed by atoms with E-state index in [0.29, 0.717) is 16.0 Å². The summed E-state index contributed by atoms with van der Waals surface area (Å²) in [6.07, 6.45) is 1.52. The Hall–Kier alpha value is -3.06. The van der Waals surface area contributed by atoms with E-state index in [1.54, 1.807) is 24.3 Å². The Bertz CT molecular complexity index is 1170. The molecule has 7 heteroatoms. The first kappa shape index (κ1) is 18.3. The Morgan fingerprint density at radius 2 is 1.96 bits per heavy atom. The maximum absolute atomic E-state index is 14.1. The number of rotatable bonds is 4. The highest BCUT2D eigenvalue weighted by Gasteiger charge is 2.24. The second kappa shape index (κ2) is 7.16. The van der Waals surface area contributed by atoms with Crippen LogP contribution in [0.25, 0.3) is 10.2 Å². The standard InChI is InChI=1S/C21H16F2N2O2S/c1-12-5-6-14(8-13(12)2)20(26)25(11-16-4-3-7-27-16)21-24-19-17(23)9-15(22)10-18(19)28-21/h3-10H,11H2,1-2H3. The number of halogens is 2. The van der Waals surface area contributed by atoms with E-state index in [-0.39, 0.29) is 23.1 Å². The molecule has 0 aliphatic carbocycles. The summed E-state index contributed by atoms with van der Waals surface area (Å²) in [6.45, 7) is 4.02. The summed E-state index contributed by atoms with van der Waals surface area (Å²) in [5.41, 5.74) is 2.59. The van der Waals surface area contributed by atoms with Gasteiger partial charge < -0.3 is 4.42 Å². The number of aromatic nitrogens is 1. The molecule has 0 saturated carbocycles. The molecule has 2 aromatic carbocycles. The third-order valence-electron chi connectivity index (χ3n) is 4.53. The fourth-order valence-electron chi connectivity index (χ4n) is 2.88. The second-order valence-electron chi connectivity index (χ2n) is 6.50. The second-order valence-corrected chi connectivity index (χ2v) is 7.51. The van der Waals surface area contributed by atoms with E-state index in [0.717, 1.165) is 28.5 Å². The van der Waals surface area contributed by atoms with Gasteiger partial charge in [-0.05, 0) is 55.3 Å². The summed E-state index contributed by atoms with van der Waals surface area (Å²) in [7, 11) is 0. The molecule has 2 aromatic heterocycles. The van der Waals surface area contributed by atoms with Gasteiger partial charge in [0.25, 0.3) is 5.91 Å². The van der Waals surface area contributed by atoms with Crippen LogP contribution in [-0.4, -0.2) is 10.9 Å². The van der Waals surface area contributed by atoms with Crippen LogP contribution in [0.3, 0.4) is 0 Å². The van der Waals surface area contributed by atoms with Crippen molar-refractivity contribution >= 4 is 32.6 Å². The number of carbonyl (C=O) groups excluding carboxylic acids is 1. The molecule has 1 amide bonds. The Kier molecular flexibility index (Phi) is 4.68. The fourth-order valence-corrected chi connectivity index (χ4v) is 3.88. The number of hydrogen-bond donors (Lipinski definition) is 0. The zero-order valence-corrected chi connectivity index (χ0v) is 16.0. The lowest BCUT2D eigenvalue weighted by Crippen LogP contribution is -2.30. The van der Waals surface area contributed by atoms with Gasteiger partial charge in [0.15, 0.2) is 10.9 Å². The molecule has 4 aromatic rings. The van der Waals surface area contributed by atoms with Crippen molar-refractivity contribution in [2.24, 2.45) is 0 Å². The van der Waals surface area contributed by atoms with Crippen LogP contribution in [0.4, 0.5) is 13.9 Å². The molecule has 0 spiro atoms. The van der Waals surface area contributed by atoms with Crippen molar-refractivity contribution < 1.29 is 18.0 Å². The van der Waals surface area contributed by atoms with Crippen LogP contribution in [0.15, 0.2) is 53.1 Å². The van der Waals surface area contributed by atoms with Crippen LogP contribution >= 0.6 is 11.3 Å². The van der Waals surface area contributed by atoms with E-state index in [4.69, 9.17) is 4.42 Å². The molecule has 4 rings (SSSR count). The fraction of sp³-hybridized carbons (Fsp3) is 0.143. The highest BCUT2D eigenvalue weighted by molar-refractivity contribution is 7.22. The molecule has 0 atom stereocenters. The topological polar surface area (TPSA) is 46.3 Å². The normalized spacial score (nSPS) is 11.1. The van der Waals surface area contributed by atoms with Gasteiger partial charge in [-0.2, -0.15) is 0 Å². The predicted octanol–water partition coefficient (Wildman–Crippen LogP) is 5.63. The average Bonchev–Trinajstić information content (AvgIpc) is 3.31. The van der Waals surface area contributed by atoms with E-state index in [1.165, 1.54) is 17.2 Å². The maximum atomic E-state index is 14.1.